The molecule has 1 saturated carbocycles. The van der Waals surface area contributed by atoms with Gasteiger partial charge >= 0.3 is 0 Å². The molecule has 3 atom stereocenters. The first-order chi connectivity index (χ1) is 13.0. The molecule has 0 aliphatic heterocycles. The number of methoxy groups -OCH3 is 1. The van der Waals surface area contributed by atoms with Crippen molar-refractivity contribution in [1.82, 2.24) is 4.98 Å². The first kappa shape index (κ1) is 19.7. The summed E-state index contributed by atoms with van der Waals surface area (Å²) < 4.78 is 19.0. The highest BCUT2D eigenvalue weighted by Gasteiger charge is 2.35. The number of halogens is 1. The van der Waals surface area contributed by atoms with Crippen molar-refractivity contribution >= 4 is 23.4 Å². The molecule has 1 unspecified atom stereocenters. The number of Topliss-reactive ketones (excluding diaryl/α,β-unsaturated/α-hetero) is 1. The predicted octanol–water partition coefficient (Wildman–Crippen LogP) is 4.81. The van der Waals surface area contributed by atoms with Crippen LogP contribution >= 0.6 is 11.3 Å². The summed E-state index contributed by atoms with van der Waals surface area (Å²) in [6.45, 7) is 4.11. The Morgan fingerprint density at radius 3 is 2.78 bits per heavy atom. The van der Waals surface area contributed by atoms with Gasteiger partial charge in [-0.25, -0.2) is 9.37 Å². The van der Waals surface area contributed by atoms with Crippen LogP contribution in [-0.2, 0) is 16.0 Å². The summed E-state index contributed by atoms with van der Waals surface area (Å²) >= 11 is 1.41. The number of aldehydes is 1. The van der Waals surface area contributed by atoms with E-state index in [0.29, 0.717) is 28.6 Å². The van der Waals surface area contributed by atoms with Crippen LogP contribution in [0.3, 0.4) is 0 Å². The van der Waals surface area contributed by atoms with Gasteiger partial charge < -0.3 is 9.53 Å². The average Bonchev–Trinajstić information content (AvgIpc) is 3.28. The molecule has 1 heterocycles. The first-order valence-electron chi connectivity index (χ1n) is 9.31. The Labute approximate surface area is 162 Å². The van der Waals surface area contributed by atoms with Gasteiger partial charge in [0.15, 0.2) is 17.3 Å². The van der Waals surface area contributed by atoms with Crippen LogP contribution in [0.25, 0.3) is 10.6 Å². The third kappa shape index (κ3) is 3.95. The zero-order valence-electron chi connectivity index (χ0n) is 15.8. The van der Waals surface area contributed by atoms with Gasteiger partial charge in [-0.3, -0.25) is 4.79 Å². The van der Waals surface area contributed by atoms with Crippen LogP contribution in [-0.4, -0.2) is 24.2 Å². The number of thiazole rings is 1. The molecule has 144 valence electrons. The molecular weight excluding hydrogens is 365 g/mol. The van der Waals surface area contributed by atoms with E-state index in [9.17, 15) is 14.0 Å². The minimum Gasteiger partial charge on any atom is -0.494 e. The van der Waals surface area contributed by atoms with Crippen molar-refractivity contribution in [1.29, 1.82) is 0 Å². The van der Waals surface area contributed by atoms with Gasteiger partial charge in [-0.1, -0.05) is 13.8 Å². The van der Waals surface area contributed by atoms with Crippen molar-refractivity contribution in [3.8, 4) is 16.3 Å². The molecule has 0 saturated heterocycles. The smallest absolute Gasteiger partial charge is 0.165 e. The Morgan fingerprint density at radius 2 is 2.22 bits per heavy atom. The summed E-state index contributed by atoms with van der Waals surface area (Å²) in [5.74, 6) is -0.700. The molecule has 4 nitrogen and oxygen atoms in total. The number of carbonyl (C=O) groups excluding carboxylic acids is 2. The van der Waals surface area contributed by atoms with Crippen LogP contribution in [0.1, 0.15) is 49.6 Å². The maximum Gasteiger partial charge on any atom is 0.165 e. The van der Waals surface area contributed by atoms with E-state index in [1.165, 1.54) is 24.5 Å². The zero-order chi connectivity index (χ0) is 19.6. The lowest BCUT2D eigenvalue weighted by atomic mass is 9.89. The number of ether oxygens (including phenoxy) is 1. The predicted molar refractivity (Wildman–Crippen MR) is 104 cm³/mol. The Hall–Kier alpha value is -2.08. The maximum absolute atomic E-state index is 14.1. The monoisotopic (exact) mass is 389 g/mol. The van der Waals surface area contributed by atoms with Crippen LogP contribution < -0.4 is 4.74 Å². The summed E-state index contributed by atoms with van der Waals surface area (Å²) in [4.78, 5) is 30.2. The molecule has 2 aromatic rings. The quantitative estimate of drug-likeness (QED) is 0.504. The van der Waals surface area contributed by atoms with Crippen LogP contribution in [0.2, 0.25) is 0 Å². The fraction of sp³-hybridized carbons (Fsp3) is 0.476. The molecule has 1 fully saturated rings. The number of carbonyl (C=O) groups is 2. The molecule has 0 radical (unpaired) electrons. The van der Waals surface area contributed by atoms with Gasteiger partial charge in [-0.2, -0.15) is 0 Å². The highest BCUT2D eigenvalue weighted by atomic mass is 32.1. The van der Waals surface area contributed by atoms with Gasteiger partial charge in [0.25, 0.3) is 0 Å². The fourth-order valence-corrected chi connectivity index (χ4v) is 4.81. The minimum absolute atomic E-state index is 0.0261. The fourth-order valence-electron chi connectivity index (χ4n) is 3.77. The SMILES string of the molecule is CCc1sc(-c2ccc(OC)c(F)c2)nc1C(C=O)C(=O)[C@@H]1CC[C@@H](C)C1. The maximum atomic E-state index is 14.1. The molecule has 0 bridgehead atoms. The van der Waals surface area contributed by atoms with E-state index in [1.54, 1.807) is 12.1 Å². The molecular formula is C21H24FNO3S. The second-order valence-corrected chi connectivity index (χ2v) is 8.25. The molecule has 1 aliphatic rings. The number of rotatable bonds is 7. The van der Waals surface area contributed by atoms with Crippen LogP contribution in [0.15, 0.2) is 18.2 Å². The van der Waals surface area contributed by atoms with Crippen LogP contribution in [0, 0.1) is 17.7 Å². The lowest BCUT2D eigenvalue weighted by Crippen LogP contribution is -2.22. The Morgan fingerprint density at radius 1 is 1.44 bits per heavy atom. The Bertz CT molecular complexity index is 848. The van der Waals surface area contributed by atoms with E-state index in [-0.39, 0.29) is 17.5 Å². The number of hydrogen-bond donors (Lipinski definition) is 0. The summed E-state index contributed by atoms with van der Waals surface area (Å²) in [7, 11) is 1.42. The van der Waals surface area contributed by atoms with Crippen molar-refractivity contribution < 1.29 is 18.7 Å². The standard InChI is InChI=1S/C21H24FNO3S/c1-4-18-19(15(11-24)20(25)13-6-5-12(2)9-13)23-21(27-18)14-7-8-17(26-3)16(22)10-14/h7-8,10-13,15H,4-6,9H2,1-3H3/t12-,13-,15?/m1/s1. The van der Waals surface area contributed by atoms with E-state index in [2.05, 4.69) is 11.9 Å². The van der Waals surface area contributed by atoms with Gasteiger partial charge in [0, 0.05) is 16.4 Å². The molecule has 1 aliphatic carbocycles. The summed E-state index contributed by atoms with van der Waals surface area (Å²) in [6.07, 6.45) is 4.09. The first-order valence-corrected chi connectivity index (χ1v) is 10.1. The molecule has 1 aromatic carbocycles. The Balaban J connectivity index is 1.94. The third-order valence-electron chi connectivity index (χ3n) is 5.28. The number of nitrogens with zero attached hydrogens (tertiary/aromatic N) is 1. The van der Waals surface area contributed by atoms with Crippen molar-refractivity contribution in [2.75, 3.05) is 7.11 Å². The lowest BCUT2D eigenvalue weighted by molar-refractivity contribution is -0.127. The minimum atomic E-state index is -0.830. The van der Waals surface area contributed by atoms with Crippen LogP contribution in [0.4, 0.5) is 4.39 Å². The van der Waals surface area contributed by atoms with E-state index in [1.807, 2.05) is 6.92 Å². The van der Waals surface area contributed by atoms with Gasteiger partial charge in [-0.15, -0.1) is 11.3 Å². The lowest BCUT2D eigenvalue weighted by Gasteiger charge is -2.14. The molecule has 6 heteroatoms. The number of ketones is 1. The number of benzene rings is 1. The van der Waals surface area contributed by atoms with E-state index < -0.39 is 11.7 Å². The van der Waals surface area contributed by atoms with Gasteiger partial charge in [0.2, 0.25) is 0 Å². The van der Waals surface area contributed by atoms with Crippen molar-refractivity contribution in [2.45, 2.75) is 45.4 Å². The van der Waals surface area contributed by atoms with Crippen molar-refractivity contribution in [3.63, 3.8) is 0 Å². The second-order valence-electron chi connectivity index (χ2n) is 7.16. The number of hydrogen-bond acceptors (Lipinski definition) is 5. The van der Waals surface area contributed by atoms with Crippen molar-refractivity contribution in [3.05, 3.63) is 34.6 Å². The van der Waals surface area contributed by atoms with E-state index in [0.717, 1.165) is 30.4 Å². The van der Waals surface area contributed by atoms with E-state index >= 15 is 0 Å². The van der Waals surface area contributed by atoms with Gasteiger partial charge in [0.1, 0.15) is 17.2 Å². The summed E-state index contributed by atoms with van der Waals surface area (Å²) in [5, 5.41) is 0.614. The number of aryl methyl sites for hydroxylation is 1. The highest BCUT2D eigenvalue weighted by Crippen LogP contribution is 2.38. The normalized spacial score (nSPS) is 20.4. The van der Waals surface area contributed by atoms with Crippen molar-refractivity contribution in [2.24, 2.45) is 11.8 Å². The van der Waals surface area contributed by atoms with Gasteiger partial charge in [0.05, 0.1) is 12.8 Å². The third-order valence-corrected chi connectivity index (χ3v) is 6.55. The van der Waals surface area contributed by atoms with Gasteiger partial charge in [-0.05, 0) is 49.8 Å². The molecule has 3 rings (SSSR count). The Kier molecular flexibility index (Phi) is 6.05. The summed E-state index contributed by atoms with van der Waals surface area (Å²) in [5.41, 5.74) is 1.15. The van der Waals surface area contributed by atoms with E-state index in [4.69, 9.17) is 4.74 Å². The summed E-state index contributed by atoms with van der Waals surface area (Å²) in [6, 6.07) is 4.66. The highest BCUT2D eigenvalue weighted by molar-refractivity contribution is 7.15. The zero-order valence-corrected chi connectivity index (χ0v) is 16.6. The molecule has 0 N–H and O–H groups in total. The largest absolute Gasteiger partial charge is 0.494 e. The molecule has 1 aromatic heterocycles. The van der Waals surface area contributed by atoms with Crippen LogP contribution in [0.5, 0.6) is 5.75 Å². The molecule has 27 heavy (non-hydrogen) atoms. The topological polar surface area (TPSA) is 56.3 Å². The molecule has 0 spiro atoms. The molecule has 0 amide bonds. The number of aromatic nitrogens is 1. The second kappa shape index (κ2) is 8.30. The average molecular weight is 389 g/mol.